The lowest BCUT2D eigenvalue weighted by molar-refractivity contribution is -0.117. The standard InChI is InChI=1S/C19H27N5O3/c1-2-27-19(26)23-10-8-15(9-11-23)22-18(20)21-13-17(25)24-12-7-14-5-3-4-6-16(14)24/h3-6,15H,2,7-13H2,1H3,(H3,20,21,22). The van der Waals surface area contributed by atoms with Crippen LogP contribution >= 0.6 is 0 Å². The fraction of sp³-hybridized carbons (Fsp3) is 0.526. The van der Waals surface area contributed by atoms with Gasteiger partial charge < -0.3 is 25.6 Å². The second kappa shape index (κ2) is 8.75. The highest BCUT2D eigenvalue weighted by atomic mass is 16.6. The first-order chi connectivity index (χ1) is 13.1. The van der Waals surface area contributed by atoms with Crippen molar-refractivity contribution in [2.45, 2.75) is 32.2 Å². The average molecular weight is 373 g/mol. The number of rotatable bonds is 4. The van der Waals surface area contributed by atoms with Crippen molar-refractivity contribution >= 4 is 23.6 Å². The molecule has 3 rings (SSSR count). The van der Waals surface area contributed by atoms with Crippen molar-refractivity contribution in [3.63, 3.8) is 0 Å². The molecule has 146 valence electrons. The number of nitrogens with one attached hydrogen (secondary N) is 1. The molecule has 2 heterocycles. The Morgan fingerprint density at radius 1 is 1.26 bits per heavy atom. The quantitative estimate of drug-likeness (QED) is 0.608. The van der Waals surface area contributed by atoms with Gasteiger partial charge >= 0.3 is 6.09 Å². The number of piperidine rings is 1. The Kier molecular flexibility index (Phi) is 6.16. The summed E-state index contributed by atoms with van der Waals surface area (Å²) in [7, 11) is 0. The maximum atomic E-state index is 12.5. The highest BCUT2D eigenvalue weighted by Gasteiger charge is 2.25. The molecule has 0 spiro atoms. The zero-order valence-electron chi connectivity index (χ0n) is 15.7. The molecule has 0 saturated carbocycles. The van der Waals surface area contributed by atoms with E-state index < -0.39 is 0 Å². The zero-order chi connectivity index (χ0) is 19.2. The van der Waals surface area contributed by atoms with E-state index in [-0.39, 0.29) is 30.5 Å². The van der Waals surface area contributed by atoms with E-state index in [2.05, 4.69) is 10.3 Å². The Balaban J connectivity index is 1.45. The normalized spacial score (nSPS) is 17.6. The van der Waals surface area contributed by atoms with Gasteiger partial charge in [-0.25, -0.2) is 9.79 Å². The average Bonchev–Trinajstić information content (AvgIpc) is 3.11. The summed E-state index contributed by atoms with van der Waals surface area (Å²) in [6, 6.07) is 8.07. The molecule has 0 atom stereocenters. The summed E-state index contributed by atoms with van der Waals surface area (Å²) >= 11 is 0. The van der Waals surface area contributed by atoms with Crippen LogP contribution in [0.2, 0.25) is 0 Å². The molecule has 1 aromatic carbocycles. The maximum absolute atomic E-state index is 12.5. The van der Waals surface area contributed by atoms with Gasteiger partial charge in [0.1, 0.15) is 6.54 Å². The van der Waals surface area contributed by atoms with Crippen molar-refractivity contribution in [3.8, 4) is 0 Å². The van der Waals surface area contributed by atoms with Crippen LogP contribution in [0, 0.1) is 0 Å². The van der Waals surface area contributed by atoms with Crippen molar-refractivity contribution in [2.24, 2.45) is 10.7 Å². The molecule has 27 heavy (non-hydrogen) atoms. The van der Waals surface area contributed by atoms with Crippen LogP contribution in [0.25, 0.3) is 0 Å². The third kappa shape index (κ3) is 4.69. The number of para-hydroxylation sites is 1. The summed E-state index contributed by atoms with van der Waals surface area (Å²) in [5.41, 5.74) is 8.11. The topological polar surface area (TPSA) is 100 Å². The van der Waals surface area contributed by atoms with Crippen molar-refractivity contribution in [2.75, 3.05) is 37.7 Å². The van der Waals surface area contributed by atoms with Crippen LogP contribution in [0.5, 0.6) is 0 Å². The van der Waals surface area contributed by atoms with E-state index in [9.17, 15) is 9.59 Å². The first-order valence-electron chi connectivity index (χ1n) is 9.45. The number of likely N-dealkylation sites (tertiary alicyclic amines) is 1. The minimum absolute atomic E-state index is 0.0227. The molecule has 1 saturated heterocycles. The second-order valence-electron chi connectivity index (χ2n) is 6.73. The molecule has 0 bridgehead atoms. The number of ether oxygens (including phenoxy) is 1. The Morgan fingerprint density at radius 3 is 2.74 bits per heavy atom. The lowest BCUT2D eigenvalue weighted by Gasteiger charge is -2.31. The summed E-state index contributed by atoms with van der Waals surface area (Å²) in [6.07, 6.45) is 2.14. The van der Waals surface area contributed by atoms with E-state index in [4.69, 9.17) is 10.5 Å². The molecule has 8 heteroatoms. The molecule has 3 N–H and O–H groups in total. The molecule has 0 unspecified atom stereocenters. The van der Waals surface area contributed by atoms with Crippen molar-refractivity contribution in [1.82, 2.24) is 10.2 Å². The van der Waals surface area contributed by atoms with Crippen LogP contribution in [0.15, 0.2) is 29.3 Å². The number of anilines is 1. The Hall–Kier alpha value is -2.77. The lowest BCUT2D eigenvalue weighted by atomic mass is 10.1. The molecule has 2 aliphatic heterocycles. The van der Waals surface area contributed by atoms with E-state index >= 15 is 0 Å². The molecule has 0 aromatic heterocycles. The molecular weight excluding hydrogens is 346 g/mol. The minimum atomic E-state index is -0.269. The minimum Gasteiger partial charge on any atom is -0.450 e. The molecule has 2 aliphatic rings. The van der Waals surface area contributed by atoms with Gasteiger partial charge in [-0.2, -0.15) is 0 Å². The first-order valence-corrected chi connectivity index (χ1v) is 9.45. The number of hydrogen-bond donors (Lipinski definition) is 2. The number of nitrogens with zero attached hydrogens (tertiary/aromatic N) is 3. The van der Waals surface area contributed by atoms with Gasteiger partial charge in [-0.1, -0.05) is 18.2 Å². The van der Waals surface area contributed by atoms with Crippen LogP contribution in [-0.4, -0.2) is 61.7 Å². The number of nitrogens with two attached hydrogens (primary N) is 1. The number of fused-ring (bicyclic) bond motifs is 1. The fourth-order valence-electron chi connectivity index (χ4n) is 3.51. The van der Waals surface area contributed by atoms with Gasteiger partial charge in [-0.15, -0.1) is 0 Å². The van der Waals surface area contributed by atoms with Crippen LogP contribution in [0.3, 0.4) is 0 Å². The van der Waals surface area contributed by atoms with E-state index in [0.717, 1.165) is 24.9 Å². The van der Waals surface area contributed by atoms with Crippen LogP contribution in [0.1, 0.15) is 25.3 Å². The SMILES string of the molecule is CCOC(=O)N1CCC(NC(N)=NCC(=O)N2CCc3ccccc32)CC1. The highest BCUT2D eigenvalue weighted by Crippen LogP contribution is 2.27. The Labute approximate surface area is 159 Å². The Morgan fingerprint density at radius 2 is 2.00 bits per heavy atom. The van der Waals surface area contributed by atoms with Gasteiger partial charge in [0.25, 0.3) is 0 Å². The van der Waals surface area contributed by atoms with E-state index in [1.165, 1.54) is 5.56 Å². The largest absolute Gasteiger partial charge is 0.450 e. The van der Waals surface area contributed by atoms with Gasteiger partial charge in [0, 0.05) is 31.4 Å². The molecule has 2 amide bonds. The molecule has 1 fully saturated rings. The van der Waals surface area contributed by atoms with Gasteiger partial charge in [0.05, 0.1) is 6.61 Å². The maximum Gasteiger partial charge on any atom is 0.409 e. The number of guanidine groups is 1. The smallest absolute Gasteiger partial charge is 0.409 e. The van der Waals surface area contributed by atoms with Gasteiger partial charge in [-0.05, 0) is 37.8 Å². The van der Waals surface area contributed by atoms with Crippen LogP contribution < -0.4 is 16.0 Å². The summed E-state index contributed by atoms with van der Waals surface area (Å²) in [5, 5.41) is 3.15. The van der Waals surface area contributed by atoms with Gasteiger partial charge in [0.15, 0.2) is 5.96 Å². The number of benzene rings is 1. The summed E-state index contributed by atoms with van der Waals surface area (Å²) in [6.45, 7) is 4.13. The lowest BCUT2D eigenvalue weighted by Crippen LogP contribution is -2.48. The molecule has 8 nitrogen and oxygen atoms in total. The molecular formula is C19H27N5O3. The second-order valence-corrected chi connectivity index (χ2v) is 6.73. The van der Waals surface area contributed by atoms with Crippen LogP contribution in [-0.2, 0) is 16.0 Å². The first kappa shape index (κ1) is 19.0. The third-order valence-electron chi connectivity index (χ3n) is 4.95. The third-order valence-corrected chi connectivity index (χ3v) is 4.95. The monoisotopic (exact) mass is 373 g/mol. The van der Waals surface area contributed by atoms with E-state index in [1.54, 1.807) is 16.7 Å². The summed E-state index contributed by atoms with van der Waals surface area (Å²) in [5.74, 6) is 0.215. The molecule has 0 radical (unpaired) electrons. The molecule has 1 aromatic rings. The van der Waals surface area contributed by atoms with Crippen molar-refractivity contribution in [1.29, 1.82) is 0 Å². The number of carbonyl (C=O) groups is 2. The van der Waals surface area contributed by atoms with Crippen molar-refractivity contribution in [3.05, 3.63) is 29.8 Å². The number of aliphatic imine (C=N–C) groups is 1. The predicted octanol–water partition coefficient (Wildman–Crippen LogP) is 1.10. The zero-order valence-corrected chi connectivity index (χ0v) is 15.7. The van der Waals surface area contributed by atoms with Crippen molar-refractivity contribution < 1.29 is 14.3 Å². The number of amides is 2. The summed E-state index contributed by atoms with van der Waals surface area (Å²) < 4.78 is 5.01. The Bertz CT molecular complexity index is 713. The van der Waals surface area contributed by atoms with Gasteiger partial charge in [-0.3, -0.25) is 4.79 Å². The predicted molar refractivity (Wildman–Crippen MR) is 104 cm³/mol. The van der Waals surface area contributed by atoms with E-state index in [1.807, 2.05) is 24.3 Å². The van der Waals surface area contributed by atoms with Gasteiger partial charge in [0.2, 0.25) is 5.91 Å². The van der Waals surface area contributed by atoms with E-state index in [0.29, 0.717) is 26.2 Å². The number of carbonyl (C=O) groups excluding carboxylic acids is 2. The summed E-state index contributed by atoms with van der Waals surface area (Å²) in [4.78, 5) is 31.8. The highest BCUT2D eigenvalue weighted by molar-refractivity contribution is 5.97. The number of hydrogen-bond acceptors (Lipinski definition) is 4. The fourth-order valence-corrected chi connectivity index (χ4v) is 3.51. The van der Waals surface area contributed by atoms with Crippen LogP contribution in [0.4, 0.5) is 10.5 Å². The molecule has 0 aliphatic carbocycles.